The molecule has 0 radical (unpaired) electrons. The Balaban J connectivity index is 1.56. The molecule has 2 aromatic carbocycles. The fourth-order valence-corrected chi connectivity index (χ4v) is 3.41. The molecule has 4 rings (SSSR count). The Morgan fingerprint density at radius 3 is 2.67 bits per heavy atom. The Morgan fingerprint density at radius 2 is 1.90 bits per heavy atom. The molecule has 6 heteroatoms. The highest BCUT2D eigenvalue weighted by Gasteiger charge is 2.10. The topological polar surface area (TPSA) is 56.3 Å². The number of anilines is 2. The fourth-order valence-electron chi connectivity index (χ4n) is 3.17. The molecule has 0 unspecified atom stereocenters. The number of hydrogen-bond acceptors (Lipinski definition) is 5. The lowest BCUT2D eigenvalue weighted by Crippen LogP contribution is -1.99. The van der Waals surface area contributed by atoms with Crippen LogP contribution in [0.4, 0.5) is 11.4 Å². The van der Waals surface area contributed by atoms with Crippen molar-refractivity contribution < 1.29 is 9.47 Å². The molecule has 0 fully saturated rings. The van der Waals surface area contributed by atoms with Crippen LogP contribution in [0.1, 0.15) is 18.2 Å². The van der Waals surface area contributed by atoms with Gasteiger partial charge in [0.25, 0.3) is 0 Å². The van der Waals surface area contributed by atoms with E-state index in [2.05, 4.69) is 15.3 Å². The SMILES string of the molecule is CCOc1ccc2c(Nc3ccc(OCc4ccccn4)c(Cl)c3)c(C)cnc2c1. The second-order valence-corrected chi connectivity index (χ2v) is 7.22. The minimum atomic E-state index is 0.365. The maximum absolute atomic E-state index is 6.46. The number of halogens is 1. The van der Waals surface area contributed by atoms with Crippen molar-refractivity contribution in [2.24, 2.45) is 0 Å². The van der Waals surface area contributed by atoms with E-state index in [4.69, 9.17) is 21.1 Å². The van der Waals surface area contributed by atoms with Crippen molar-refractivity contribution in [2.45, 2.75) is 20.5 Å². The number of aromatic nitrogens is 2. The summed E-state index contributed by atoms with van der Waals surface area (Å²) < 4.78 is 11.4. The Kier molecular flexibility index (Phi) is 6.00. The molecular weight excluding hydrogens is 398 g/mol. The van der Waals surface area contributed by atoms with Crippen LogP contribution in [-0.2, 0) is 6.61 Å². The van der Waals surface area contributed by atoms with Crippen molar-refractivity contribution in [3.05, 3.63) is 83.3 Å². The van der Waals surface area contributed by atoms with E-state index in [0.29, 0.717) is 24.0 Å². The summed E-state index contributed by atoms with van der Waals surface area (Å²) in [5.41, 5.74) is 4.62. The molecule has 0 spiro atoms. The number of ether oxygens (including phenoxy) is 2. The predicted octanol–water partition coefficient (Wildman–Crippen LogP) is 6.31. The van der Waals surface area contributed by atoms with Crippen molar-refractivity contribution in [1.29, 1.82) is 0 Å². The number of pyridine rings is 2. The normalized spacial score (nSPS) is 10.8. The zero-order valence-corrected chi connectivity index (χ0v) is 17.6. The molecule has 0 aliphatic heterocycles. The summed E-state index contributed by atoms with van der Waals surface area (Å²) in [6.07, 6.45) is 3.60. The van der Waals surface area contributed by atoms with Gasteiger partial charge in [-0.3, -0.25) is 9.97 Å². The van der Waals surface area contributed by atoms with E-state index in [1.165, 1.54) is 0 Å². The number of benzene rings is 2. The van der Waals surface area contributed by atoms with Gasteiger partial charge in [-0.1, -0.05) is 17.7 Å². The first-order valence-corrected chi connectivity index (χ1v) is 10.1. The van der Waals surface area contributed by atoms with Crippen molar-refractivity contribution in [1.82, 2.24) is 9.97 Å². The second kappa shape index (κ2) is 9.01. The summed E-state index contributed by atoms with van der Waals surface area (Å²) >= 11 is 6.46. The van der Waals surface area contributed by atoms with Crippen molar-refractivity contribution >= 4 is 33.9 Å². The molecule has 0 bridgehead atoms. The summed E-state index contributed by atoms with van der Waals surface area (Å²) in [7, 11) is 0. The van der Waals surface area contributed by atoms with Crippen LogP contribution < -0.4 is 14.8 Å². The van der Waals surface area contributed by atoms with Crippen molar-refractivity contribution in [2.75, 3.05) is 11.9 Å². The van der Waals surface area contributed by atoms with E-state index in [9.17, 15) is 0 Å². The lowest BCUT2D eigenvalue weighted by molar-refractivity contribution is 0.301. The monoisotopic (exact) mass is 419 g/mol. The van der Waals surface area contributed by atoms with Gasteiger partial charge >= 0.3 is 0 Å². The number of nitrogens with zero attached hydrogens (tertiary/aromatic N) is 2. The Labute approximate surface area is 180 Å². The molecule has 4 aromatic rings. The van der Waals surface area contributed by atoms with Crippen LogP contribution in [0.25, 0.3) is 10.9 Å². The highest BCUT2D eigenvalue weighted by atomic mass is 35.5. The van der Waals surface area contributed by atoms with Gasteiger partial charge in [0.15, 0.2) is 0 Å². The van der Waals surface area contributed by atoms with Gasteiger partial charge in [0.2, 0.25) is 0 Å². The summed E-state index contributed by atoms with van der Waals surface area (Å²) in [4.78, 5) is 8.80. The van der Waals surface area contributed by atoms with Crippen LogP contribution in [0.5, 0.6) is 11.5 Å². The highest BCUT2D eigenvalue weighted by molar-refractivity contribution is 6.32. The molecule has 2 heterocycles. The number of nitrogens with one attached hydrogen (secondary N) is 1. The average molecular weight is 420 g/mol. The maximum Gasteiger partial charge on any atom is 0.138 e. The first kappa shape index (κ1) is 20.0. The summed E-state index contributed by atoms with van der Waals surface area (Å²) in [5, 5.41) is 5.03. The summed E-state index contributed by atoms with van der Waals surface area (Å²) in [6, 6.07) is 17.3. The molecular formula is C24H22ClN3O2. The molecule has 0 atom stereocenters. The fraction of sp³-hybridized carbons (Fsp3) is 0.167. The Morgan fingerprint density at radius 1 is 1.00 bits per heavy atom. The summed E-state index contributed by atoms with van der Waals surface area (Å²) in [6.45, 7) is 4.98. The van der Waals surface area contributed by atoms with Crippen molar-refractivity contribution in [3.63, 3.8) is 0 Å². The molecule has 0 aliphatic rings. The van der Waals surface area contributed by atoms with E-state index in [1.807, 2.05) is 74.6 Å². The standard InChI is InChI=1S/C24H22ClN3O2/c1-3-29-19-8-9-20-22(13-19)27-14-16(2)24(20)28-17-7-10-23(21(25)12-17)30-15-18-6-4-5-11-26-18/h4-14H,3,15H2,1-2H3,(H,27,28). The predicted molar refractivity (Wildman–Crippen MR) is 121 cm³/mol. The quantitative estimate of drug-likeness (QED) is 0.380. The van der Waals surface area contributed by atoms with Crippen LogP contribution in [0.3, 0.4) is 0 Å². The van der Waals surface area contributed by atoms with Gasteiger partial charge in [-0.15, -0.1) is 0 Å². The average Bonchev–Trinajstić information content (AvgIpc) is 2.76. The number of fused-ring (bicyclic) bond motifs is 1. The largest absolute Gasteiger partial charge is 0.494 e. The molecule has 0 aliphatic carbocycles. The van der Waals surface area contributed by atoms with Gasteiger partial charge in [-0.2, -0.15) is 0 Å². The molecule has 30 heavy (non-hydrogen) atoms. The minimum Gasteiger partial charge on any atom is -0.494 e. The van der Waals surface area contributed by atoms with Gasteiger partial charge in [0, 0.05) is 29.5 Å². The van der Waals surface area contributed by atoms with E-state index >= 15 is 0 Å². The zero-order chi connectivity index (χ0) is 20.9. The molecule has 5 nitrogen and oxygen atoms in total. The van der Waals surface area contributed by atoms with Gasteiger partial charge in [-0.25, -0.2) is 0 Å². The summed E-state index contributed by atoms with van der Waals surface area (Å²) in [5.74, 6) is 1.43. The van der Waals surface area contributed by atoms with Gasteiger partial charge < -0.3 is 14.8 Å². The minimum absolute atomic E-state index is 0.365. The number of aryl methyl sites for hydroxylation is 1. The van der Waals surface area contributed by atoms with Crippen LogP contribution in [0.2, 0.25) is 5.02 Å². The lowest BCUT2D eigenvalue weighted by atomic mass is 10.1. The van der Waals surface area contributed by atoms with Crippen LogP contribution in [-0.4, -0.2) is 16.6 Å². The molecule has 2 aromatic heterocycles. The van der Waals surface area contributed by atoms with E-state index < -0.39 is 0 Å². The van der Waals surface area contributed by atoms with Gasteiger partial charge in [0.05, 0.1) is 28.5 Å². The van der Waals surface area contributed by atoms with Crippen LogP contribution in [0.15, 0.2) is 67.0 Å². The van der Waals surface area contributed by atoms with E-state index in [-0.39, 0.29) is 0 Å². The molecule has 0 saturated carbocycles. The Bertz CT molecular complexity index is 1170. The van der Waals surface area contributed by atoms with E-state index in [1.54, 1.807) is 6.20 Å². The van der Waals surface area contributed by atoms with Crippen LogP contribution >= 0.6 is 11.6 Å². The van der Waals surface area contributed by atoms with Gasteiger partial charge in [0.1, 0.15) is 18.1 Å². The smallest absolute Gasteiger partial charge is 0.138 e. The lowest BCUT2D eigenvalue weighted by Gasteiger charge is -2.15. The zero-order valence-electron chi connectivity index (χ0n) is 16.9. The number of rotatable bonds is 7. The molecule has 0 amide bonds. The van der Waals surface area contributed by atoms with Crippen molar-refractivity contribution in [3.8, 4) is 11.5 Å². The molecule has 152 valence electrons. The highest BCUT2D eigenvalue weighted by Crippen LogP contribution is 2.34. The maximum atomic E-state index is 6.46. The van der Waals surface area contributed by atoms with E-state index in [0.717, 1.165) is 39.3 Å². The third-order valence-corrected chi connectivity index (χ3v) is 4.94. The Hall–Kier alpha value is -3.31. The molecule has 1 N–H and O–H groups in total. The third-order valence-electron chi connectivity index (χ3n) is 4.64. The second-order valence-electron chi connectivity index (χ2n) is 6.81. The van der Waals surface area contributed by atoms with Crippen LogP contribution in [0, 0.1) is 6.92 Å². The first-order chi connectivity index (χ1) is 14.6. The number of hydrogen-bond donors (Lipinski definition) is 1. The van der Waals surface area contributed by atoms with Gasteiger partial charge in [-0.05, 0) is 61.9 Å². The molecule has 0 saturated heterocycles. The third kappa shape index (κ3) is 4.47. The first-order valence-electron chi connectivity index (χ1n) is 9.75.